The van der Waals surface area contributed by atoms with Crippen LogP contribution in [0.25, 0.3) is 0 Å². The van der Waals surface area contributed by atoms with Crippen molar-refractivity contribution < 1.29 is 22.7 Å². The molecule has 0 fully saturated rings. The fourth-order valence-electron chi connectivity index (χ4n) is 1.57. The molecule has 0 aromatic heterocycles. The van der Waals surface area contributed by atoms with Gasteiger partial charge in [0.25, 0.3) is 0 Å². The minimum atomic E-state index is -3.77. The Balaban J connectivity index is 2.82. The number of ether oxygens (including phenoxy) is 2. The highest BCUT2D eigenvalue weighted by Gasteiger charge is 2.20. The van der Waals surface area contributed by atoms with Crippen LogP contribution >= 0.6 is 0 Å². The monoisotopic (exact) mass is 316 g/mol. The Morgan fingerprint density at radius 1 is 1.33 bits per heavy atom. The number of nitrogens with one attached hydrogen (secondary N) is 1. The Hall–Kier alpha value is -1.80. The van der Waals surface area contributed by atoms with E-state index >= 15 is 0 Å². The molecule has 0 bridgehead atoms. The predicted molar refractivity (Wildman–Crippen MR) is 79.5 cm³/mol. The molecule has 1 aromatic carbocycles. The van der Waals surface area contributed by atoms with Gasteiger partial charge in [-0.15, -0.1) is 0 Å². The van der Waals surface area contributed by atoms with Crippen LogP contribution < -0.4 is 9.46 Å². The average Bonchev–Trinajstić information content (AvgIpc) is 2.45. The van der Waals surface area contributed by atoms with E-state index in [2.05, 4.69) is 9.46 Å². The molecule has 0 atom stereocenters. The number of esters is 1. The second kappa shape index (κ2) is 7.28. The van der Waals surface area contributed by atoms with Crippen LogP contribution in [-0.4, -0.2) is 46.5 Å². The van der Waals surface area contributed by atoms with E-state index in [1.807, 2.05) is 6.92 Å². The SMILES string of the molecule is COC(=O)CCN(C)S(=O)(=O)Nc1ccc(C)cc1OC. The van der Waals surface area contributed by atoms with Gasteiger partial charge in [0.1, 0.15) is 5.75 Å². The van der Waals surface area contributed by atoms with Crippen LogP contribution in [0.5, 0.6) is 5.75 Å². The Morgan fingerprint density at radius 2 is 2.00 bits per heavy atom. The first kappa shape index (κ1) is 17.3. The summed E-state index contributed by atoms with van der Waals surface area (Å²) < 4.78 is 37.4. The van der Waals surface area contributed by atoms with Crippen molar-refractivity contribution in [2.75, 3.05) is 32.5 Å². The molecule has 0 amide bonds. The summed E-state index contributed by atoms with van der Waals surface area (Å²) in [5, 5.41) is 0. The zero-order valence-corrected chi connectivity index (χ0v) is 13.4. The van der Waals surface area contributed by atoms with E-state index in [1.54, 1.807) is 18.2 Å². The van der Waals surface area contributed by atoms with E-state index in [4.69, 9.17) is 4.74 Å². The molecule has 0 saturated heterocycles. The molecule has 0 radical (unpaired) electrons. The van der Waals surface area contributed by atoms with E-state index in [9.17, 15) is 13.2 Å². The molecule has 0 spiro atoms. The Kier molecular flexibility index (Phi) is 5.98. The van der Waals surface area contributed by atoms with Crippen LogP contribution in [0.4, 0.5) is 5.69 Å². The number of hydrogen-bond donors (Lipinski definition) is 1. The van der Waals surface area contributed by atoms with E-state index in [-0.39, 0.29) is 13.0 Å². The number of aryl methyl sites for hydroxylation is 1. The summed E-state index contributed by atoms with van der Waals surface area (Å²) in [6.45, 7) is 1.90. The van der Waals surface area contributed by atoms with Crippen molar-refractivity contribution in [1.82, 2.24) is 4.31 Å². The summed E-state index contributed by atoms with van der Waals surface area (Å²) in [7, 11) is 0.336. The molecule has 0 aliphatic heterocycles. The molecule has 0 aliphatic carbocycles. The third kappa shape index (κ3) is 4.91. The number of carbonyl (C=O) groups is 1. The average molecular weight is 316 g/mol. The van der Waals surface area contributed by atoms with Crippen molar-refractivity contribution in [3.63, 3.8) is 0 Å². The molecule has 118 valence electrons. The van der Waals surface area contributed by atoms with Crippen LogP contribution in [0.15, 0.2) is 18.2 Å². The molecule has 1 aromatic rings. The van der Waals surface area contributed by atoms with Crippen LogP contribution in [0.3, 0.4) is 0 Å². The number of benzene rings is 1. The molecule has 7 nitrogen and oxygen atoms in total. The van der Waals surface area contributed by atoms with Gasteiger partial charge >= 0.3 is 16.2 Å². The molecule has 0 aliphatic rings. The third-order valence-corrected chi connectivity index (χ3v) is 4.35. The van der Waals surface area contributed by atoms with Gasteiger partial charge in [-0.3, -0.25) is 9.52 Å². The van der Waals surface area contributed by atoms with E-state index in [1.165, 1.54) is 21.3 Å². The molecule has 0 saturated carbocycles. The van der Waals surface area contributed by atoms with Gasteiger partial charge in [-0.05, 0) is 24.6 Å². The summed E-state index contributed by atoms with van der Waals surface area (Å²) >= 11 is 0. The lowest BCUT2D eigenvalue weighted by atomic mass is 10.2. The highest BCUT2D eigenvalue weighted by atomic mass is 32.2. The molecule has 0 unspecified atom stereocenters. The smallest absolute Gasteiger partial charge is 0.306 e. The van der Waals surface area contributed by atoms with Gasteiger partial charge in [0, 0.05) is 13.6 Å². The fraction of sp³-hybridized carbons (Fsp3) is 0.462. The zero-order chi connectivity index (χ0) is 16.0. The maximum Gasteiger partial charge on any atom is 0.306 e. The summed E-state index contributed by atoms with van der Waals surface area (Å²) in [6, 6.07) is 5.13. The van der Waals surface area contributed by atoms with Gasteiger partial charge in [0.05, 0.1) is 26.3 Å². The second-order valence-corrected chi connectivity index (χ2v) is 6.24. The number of rotatable bonds is 7. The van der Waals surface area contributed by atoms with Gasteiger partial charge in [-0.1, -0.05) is 6.07 Å². The minimum Gasteiger partial charge on any atom is -0.495 e. The maximum absolute atomic E-state index is 12.2. The molecular weight excluding hydrogens is 296 g/mol. The van der Waals surface area contributed by atoms with Crippen LogP contribution in [0.1, 0.15) is 12.0 Å². The Morgan fingerprint density at radius 3 is 2.57 bits per heavy atom. The Labute approximate surface area is 125 Å². The predicted octanol–water partition coefficient (Wildman–Crippen LogP) is 1.16. The third-order valence-electron chi connectivity index (χ3n) is 2.86. The first-order chi connectivity index (χ1) is 9.80. The molecule has 1 N–H and O–H groups in total. The number of hydrogen-bond acceptors (Lipinski definition) is 5. The summed E-state index contributed by atoms with van der Waals surface area (Å²) in [6.07, 6.45) is -0.0149. The fourth-order valence-corrected chi connectivity index (χ4v) is 2.50. The largest absolute Gasteiger partial charge is 0.495 e. The molecule has 1 rings (SSSR count). The van der Waals surface area contributed by atoms with Crippen molar-refractivity contribution in [3.05, 3.63) is 23.8 Å². The lowest BCUT2D eigenvalue weighted by molar-refractivity contribution is -0.140. The summed E-state index contributed by atoms with van der Waals surface area (Å²) in [5.41, 5.74) is 1.29. The van der Waals surface area contributed by atoms with Gasteiger partial charge < -0.3 is 9.47 Å². The van der Waals surface area contributed by atoms with Crippen molar-refractivity contribution in [2.24, 2.45) is 0 Å². The quantitative estimate of drug-likeness (QED) is 0.763. The van der Waals surface area contributed by atoms with Crippen LogP contribution in [-0.2, 0) is 19.7 Å². The lowest BCUT2D eigenvalue weighted by Crippen LogP contribution is -2.34. The van der Waals surface area contributed by atoms with Crippen molar-refractivity contribution in [1.29, 1.82) is 0 Å². The van der Waals surface area contributed by atoms with Gasteiger partial charge in [0.15, 0.2) is 0 Å². The molecule has 8 heteroatoms. The Bertz CT molecular complexity index is 601. The first-order valence-electron chi connectivity index (χ1n) is 6.25. The highest BCUT2D eigenvalue weighted by Crippen LogP contribution is 2.26. The highest BCUT2D eigenvalue weighted by molar-refractivity contribution is 7.90. The van der Waals surface area contributed by atoms with E-state index < -0.39 is 16.2 Å². The normalized spacial score (nSPS) is 11.3. The van der Waals surface area contributed by atoms with Gasteiger partial charge in [0.2, 0.25) is 0 Å². The number of nitrogens with zero attached hydrogens (tertiary/aromatic N) is 1. The van der Waals surface area contributed by atoms with E-state index in [0.29, 0.717) is 11.4 Å². The molecule has 21 heavy (non-hydrogen) atoms. The van der Waals surface area contributed by atoms with Crippen LogP contribution in [0, 0.1) is 6.92 Å². The maximum atomic E-state index is 12.2. The lowest BCUT2D eigenvalue weighted by Gasteiger charge is -2.19. The minimum absolute atomic E-state index is 0.0149. The van der Waals surface area contributed by atoms with Crippen molar-refractivity contribution >= 4 is 21.9 Å². The first-order valence-corrected chi connectivity index (χ1v) is 7.69. The van der Waals surface area contributed by atoms with Crippen molar-refractivity contribution in [3.8, 4) is 5.75 Å². The molecule has 0 heterocycles. The number of anilines is 1. The van der Waals surface area contributed by atoms with E-state index in [0.717, 1.165) is 9.87 Å². The number of methoxy groups -OCH3 is 2. The van der Waals surface area contributed by atoms with Gasteiger partial charge in [-0.25, -0.2) is 0 Å². The zero-order valence-electron chi connectivity index (χ0n) is 12.5. The molecular formula is C13H20N2O5S. The standard InChI is InChI=1S/C13H20N2O5S/c1-10-5-6-11(12(9-10)19-3)14-21(17,18)15(2)8-7-13(16)20-4/h5-6,9,14H,7-8H2,1-4H3. The number of carbonyl (C=O) groups excluding carboxylic acids is 1. The van der Waals surface area contributed by atoms with Crippen LogP contribution in [0.2, 0.25) is 0 Å². The van der Waals surface area contributed by atoms with Gasteiger partial charge in [-0.2, -0.15) is 12.7 Å². The topological polar surface area (TPSA) is 84.9 Å². The van der Waals surface area contributed by atoms with Crippen molar-refractivity contribution in [2.45, 2.75) is 13.3 Å². The second-order valence-electron chi connectivity index (χ2n) is 4.46. The summed E-state index contributed by atoms with van der Waals surface area (Å²) in [4.78, 5) is 11.1. The summed E-state index contributed by atoms with van der Waals surface area (Å²) in [5.74, 6) is -0.0371.